The van der Waals surface area contributed by atoms with Gasteiger partial charge in [0.25, 0.3) is 5.56 Å². The lowest BCUT2D eigenvalue weighted by Gasteiger charge is -2.07. The number of hydrogen-bond donors (Lipinski definition) is 1. The Morgan fingerprint density at radius 1 is 1.10 bits per heavy atom. The number of pyridine rings is 1. The molecule has 0 radical (unpaired) electrons. The number of aromatic nitrogens is 1. The van der Waals surface area contributed by atoms with E-state index in [1.807, 2.05) is 6.92 Å². The molecular weight excluding hydrogens is 288 g/mol. The van der Waals surface area contributed by atoms with Crippen molar-refractivity contribution >= 4 is 15.5 Å². The summed E-state index contributed by atoms with van der Waals surface area (Å²) in [5.41, 5.74) is 6.93. The van der Waals surface area contributed by atoms with E-state index in [0.717, 1.165) is 5.56 Å². The molecule has 5 nitrogen and oxygen atoms in total. The third-order valence-electron chi connectivity index (χ3n) is 3.20. The maximum absolute atomic E-state index is 12.2. The van der Waals surface area contributed by atoms with Gasteiger partial charge in [-0.15, -0.1) is 0 Å². The molecular formula is C15H18N2O3S. The monoisotopic (exact) mass is 306 g/mol. The molecule has 0 amide bonds. The van der Waals surface area contributed by atoms with Crippen LogP contribution in [0.1, 0.15) is 12.0 Å². The van der Waals surface area contributed by atoms with E-state index in [2.05, 4.69) is 0 Å². The van der Waals surface area contributed by atoms with Crippen LogP contribution >= 0.6 is 0 Å². The highest BCUT2D eigenvalue weighted by Crippen LogP contribution is 2.13. The molecule has 0 spiro atoms. The zero-order valence-electron chi connectivity index (χ0n) is 11.8. The van der Waals surface area contributed by atoms with E-state index in [-0.39, 0.29) is 11.3 Å². The van der Waals surface area contributed by atoms with Crippen molar-refractivity contribution in [3.8, 4) is 0 Å². The second-order valence-electron chi connectivity index (χ2n) is 4.98. The Labute approximate surface area is 124 Å². The van der Waals surface area contributed by atoms with Crippen LogP contribution in [0, 0.1) is 6.92 Å². The largest absolute Gasteiger partial charge is 0.398 e. The Bertz CT molecular complexity index is 777. The molecule has 1 aromatic heterocycles. The molecule has 2 rings (SSSR count). The van der Waals surface area contributed by atoms with Crippen molar-refractivity contribution < 1.29 is 8.42 Å². The van der Waals surface area contributed by atoms with Crippen LogP contribution in [0.25, 0.3) is 0 Å². The minimum absolute atomic E-state index is 0.00268. The number of benzene rings is 1. The van der Waals surface area contributed by atoms with Crippen LogP contribution in [-0.2, 0) is 16.4 Å². The summed E-state index contributed by atoms with van der Waals surface area (Å²) in [4.78, 5) is 11.9. The van der Waals surface area contributed by atoms with E-state index in [1.54, 1.807) is 24.3 Å². The quantitative estimate of drug-likeness (QED) is 0.909. The summed E-state index contributed by atoms with van der Waals surface area (Å²) in [5.74, 6) is -0.00268. The molecule has 0 unspecified atom stereocenters. The number of rotatable bonds is 5. The molecule has 0 saturated heterocycles. The van der Waals surface area contributed by atoms with Crippen LogP contribution in [0.5, 0.6) is 0 Å². The second kappa shape index (κ2) is 6.13. The molecule has 0 aliphatic heterocycles. The van der Waals surface area contributed by atoms with Gasteiger partial charge in [-0.2, -0.15) is 0 Å². The standard InChI is InChI=1S/C15H18N2O3S/c1-12-3-6-14(7-4-12)21(19,20)10-2-9-17-11-13(16)5-8-15(17)18/h3-8,11H,2,9-10,16H2,1H3. The van der Waals surface area contributed by atoms with E-state index in [9.17, 15) is 13.2 Å². The highest BCUT2D eigenvalue weighted by molar-refractivity contribution is 7.91. The molecule has 0 fully saturated rings. The number of aryl methyl sites for hydroxylation is 2. The lowest BCUT2D eigenvalue weighted by Crippen LogP contribution is -2.20. The molecule has 0 atom stereocenters. The van der Waals surface area contributed by atoms with E-state index >= 15 is 0 Å². The maximum atomic E-state index is 12.2. The first-order valence-electron chi connectivity index (χ1n) is 6.64. The lowest BCUT2D eigenvalue weighted by atomic mass is 10.2. The predicted molar refractivity (Wildman–Crippen MR) is 83.0 cm³/mol. The van der Waals surface area contributed by atoms with Gasteiger partial charge in [0.15, 0.2) is 9.84 Å². The number of sulfone groups is 1. The molecule has 6 heteroatoms. The zero-order chi connectivity index (χ0) is 15.5. The number of nitrogens with zero attached hydrogens (tertiary/aromatic N) is 1. The van der Waals surface area contributed by atoms with Crippen LogP contribution in [-0.4, -0.2) is 18.7 Å². The van der Waals surface area contributed by atoms with E-state index < -0.39 is 9.84 Å². The van der Waals surface area contributed by atoms with E-state index in [4.69, 9.17) is 5.73 Å². The summed E-state index contributed by atoms with van der Waals surface area (Å²) in [6, 6.07) is 9.67. The fraction of sp³-hybridized carbons (Fsp3) is 0.267. The highest BCUT2D eigenvalue weighted by atomic mass is 32.2. The molecule has 0 aliphatic carbocycles. The molecule has 21 heavy (non-hydrogen) atoms. The number of nitrogen functional groups attached to an aromatic ring is 1. The minimum Gasteiger partial charge on any atom is -0.398 e. The van der Waals surface area contributed by atoms with Gasteiger partial charge in [0, 0.05) is 24.5 Å². The zero-order valence-corrected chi connectivity index (χ0v) is 12.6. The summed E-state index contributed by atoms with van der Waals surface area (Å²) < 4.78 is 25.8. The van der Waals surface area contributed by atoms with Crippen molar-refractivity contribution in [3.63, 3.8) is 0 Å². The van der Waals surface area contributed by atoms with Gasteiger partial charge in [-0.05, 0) is 31.5 Å². The molecule has 2 N–H and O–H groups in total. The van der Waals surface area contributed by atoms with E-state index in [0.29, 0.717) is 23.5 Å². The third-order valence-corrected chi connectivity index (χ3v) is 5.02. The fourth-order valence-electron chi connectivity index (χ4n) is 2.01. The van der Waals surface area contributed by atoms with Gasteiger partial charge in [-0.3, -0.25) is 4.79 Å². The molecule has 1 heterocycles. The van der Waals surface area contributed by atoms with Crippen molar-refractivity contribution in [2.24, 2.45) is 0 Å². The summed E-state index contributed by atoms with van der Waals surface area (Å²) in [5, 5.41) is 0. The van der Waals surface area contributed by atoms with Gasteiger partial charge in [-0.1, -0.05) is 17.7 Å². The van der Waals surface area contributed by atoms with Crippen molar-refractivity contribution in [1.29, 1.82) is 0 Å². The van der Waals surface area contributed by atoms with Crippen LogP contribution in [0.3, 0.4) is 0 Å². The Balaban J connectivity index is 2.04. The Morgan fingerprint density at radius 2 is 1.76 bits per heavy atom. The van der Waals surface area contributed by atoms with Crippen molar-refractivity contribution in [1.82, 2.24) is 4.57 Å². The van der Waals surface area contributed by atoms with Crippen LogP contribution in [0.15, 0.2) is 52.3 Å². The van der Waals surface area contributed by atoms with Gasteiger partial charge in [0.1, 0.15) is 0 Å². The summed E-state index contributed by atoms with van der Waals surface area (Å²) in [6.45, 7) is 2.23. The third kappa shape index (κ3) is 3.95. The number of hydrogen-bond acceptors (Lipinski definition) is 4. The SMILES string of the molecule is Cc1ccc(S(=O)(=O)CCCn2cc(N)ccc2=O)cc1. The average Bonchev–Trinajstić information content (AvgIpc) is 2.43. The Morgan fingerprint density at radius 3 is 2.43 bits per heavy atom. The lowest BCUT2D eigenvalue weighted by molar-refractivity contribution is 0.584. The highest BCUT2D eigenvalue weighted by Gasteiger charge is 2.13. The Kier molecular flexibility index (Phi) is 4.47. The van der Waals surface area contributed by atoms with Gasteiger partial charge < -0.3 is 10.3 Å². The summed E-state index contributed by atoms with van der Waals surface area (Å²) in [6.07, 6.45) is 1.89. The fourth-order valence-corrected chi connectivity index (χ4v) is 3.31. The number of nitrogens with two attached hydrogens (primary N) is 1. The van der Waals surface area contributed by atoms with Gasteiger partial charge in [0.05, 0.1) is 10.6 Å². The summed E-state index contributed by atoms with van der Waals surface area (Å²) >= 11 is 0. The molecule has 0 saturated carbocycles. The first-order valence-corrected chi connectivity index (χ1v) is 8.29. The topological polar surface area (TPSA) is 82.2 Å². The molecule has 1 aromatic carbocycles. The first-order chi connectivity index (χ1) is 9.88. The molecule has 112 valence electrons. The minimum atomic E-state index is -3.32. The van der Waals surface area contributed by atoms with Crippen molar-refractivity contribution in [2.75, 3.05) is 11.5 Å². The van der Waals surface area contributed by atoms with Crippen LogP contribution < -0.4 is 11.3 Å². The van der Waals surface area contributed by atoms with Crippen molar-refractivity contribution in [2.45, 2.75) is 24.8 Å². The molecule has 0 bridgehead atoms. The summed E-state index contributed by atoms with van der Waals surface area (Å²) in [7, 11) is -3.32. The first kappa shape index (κ1) is 15.3. The normalized spacial score (nSPS) is 11.5. The average molecular weight is 306 g/mol. The number of anilines is 1. The van der Waals surface area contributed by atoms with Crippen LogP contribution in [0.2, 0.25) is 0 Å². The van der Waals surface area contributed by atoms with Crippen molar-refractivity contribution in [3.05, 3.63) is 58.5 Å². The second-order valence-corrected chi connectivity index (χ2v) is 7.09. The van der Waals surface area contributed by atoms with E-state index in [1.165, 1.54) is 22.9 Å². The smallest absolute Gasteiger partial charge is 0.250 e. The predicted octanol–water partition coefficient (Wildman–Crippen LogP) is 1.60. The molecule has 2 aromatic rings. The molecule has 0 aliphatic rings. The van der Waals surface area contributed by atoms with Crippen LogP contribution in [0.4, 0.5) is 5.69 Å². The van der Waals surface area contributed by atoms with Gasteiger partial charge in [-0.25, -0.2) is 8.42 Å². The van der Waals surface area contributed by atoms with Gasteiger partial charge >= 0.3 is 0 Å². The Hall–Kier alpha value is -2.08. The maximum Gasteiger partial charge on any atom is 0.250 e. The van der Waals surface area contributed by atoms with Gasteiger partial charge in [0.2, 0.25) is 0 Å².